The van der Waals surface area contributed by atoms with Gasteiger partial charge in [-0.2, -0.15) is 0 Å². The second kappa shape index (κ2) is 7.61. The van der Waals surface area contributed by atoms with E-state index in [0.29, 0.717) is 0 Å². The Morgan fingerprint density at radius 1 is 0.767 bits per heavy atom. The van der Waals surface area contributed by atoms with Crippen LogP contribution >= 0.6 is 0 Å². The molecule has 0 aliphatic heterocycles. The summed E-state index contributed by atoms with van der Waals surface area (Å²) in [6, 6.07) is 21.9. The van der Waals surface area contributed by atoms with E-state index in [0.717, 1.165) is 28.3 Å². The zero-order chi connectivity index (χ0) is 20.5. The van der Waals surface area contributed by atoms with Crippen LogP contribution < -0.4 is 5.32 Å². The predicted molar refractivity (Wildman–Crippen MR) is 122 cm³/mol. The first-order valence-electron chi connectivity index (χ1n) is 10.1. The van der Waals surface area contributed by atoms with Gasteiger partial charge >= 0.3 is 0 Å². The highest BCUT2D eigenvalue weighted by Gasteiger charge is 2.09. The molecule has 0 unspecified atom stereocenters. The van der Waals surface area contributed by atoms with E-state index in [9.17, 15) is 0 Å². The largest absolute Gasteiger partial charge is 0.345 e. The maximum atomic E-state index is 4.50. The lowest BCUT2D eigenvalue weighted by Gasteiger charge is -2.08. The lowest BCUT2D eigenvalue weighted by Crippen LogP contribution is -2.13. The van der Waals surface area contributed by atoms with Crippen LogP contribution in [0, 0.1) is 0 Å². The van der Waals surface area contributed by atoms with Crippen LogP contribution in [-0.2, 0) is 0 Å². The van der Waals surface area contributed by atoms with Crippen molar-refractivity contribution in [3.05, 3.63) is 85.2 Å². The van der Waals surface area contributed by atoms with Crippen LogP contribution in [0.5, 0.6) is 0 Å². The van der Waals surface area contributed by atoms with Crippen molar-refractivity contribution < 1.29 is 0 Å². The monoisotopic (exact) mass is 393 g/mol. The molecule has 2 aromatic heterocycles. The van der Waals surface area contributed by atoms with Gasteiger partial charge in [-0.3, -0.25) is 0 Å². The van der Waals surface area contributed by atoms with E-state index in [1.807, 2.05) is 19.4 Å². The van der Waals surface area contributed by atoms with Crippen molar-refractivity contribution in [2.75, 3.05) is 7.05 Å². The van der Waals surface area contributed by atoms with Gasteiger partial charge in [0.05, 0.1) is 36.2 Å². The minimum Gasteiger partial charge on any atom is -0.345 e. The van der Waals surface area contributed by atoms with Crippen molar-refractivity contribution in [2.24, 2.45) is 0 Å². The summed E-state index contributed by atoms with van der Waals surface area (Å²) in [6.07, 6.45) is 5.44. The van der Waals surface area contributed by atoms with Gasteiger partial charge in [-0.05, 0) is 53.6 Å². The Kier molecular flexibility index (Phi) is 4.65. The zero-order valence-corrected chi connectivity index (χ0v) is 17.0. The Bertz CT molecular complexity index is 1280. The van der Waals surface area contributed by atoms with Gasteiger partial charge < -0.3 is 15.3 Å². The fraction of sp³-hybridized carbons (Fsp3) is 0.120. The number of hydrogen-bond donors (Lipinski definition) is 3. The Morgan fingerprint density at radius 3 is 2.13 bits per heavy atom. The Morgan fingerprint density at radius 2 is 1.43 bits per heavy atom. The second-order valence-electron chi connectivity index (χ2n) is 7.51. The standard InChI is InChI=1S/C25H23N5/c1-16(26-2)25-28-14-24(30-25)22-10-9-20-11-19(7-8-21(20)12-22)17-3-5-18(6-4-17)23-13-27-15-29-23/h3-16,26H,1-2H3,(H,27,29)(H,28,30)/t16-/m0/s1. The highest BCUT2D eigenvalue weighted by molar-refractivity contribution is 5.90. The van der Waals surface area contributed by atoms with Gasteiger partial charge in [0.25, 0.3) is 0 Å². The third kappa shape index (κ3) is 3.40. The molecule has 0 aliphatic rings. The molecule has 148 valence electrons. The SMILES string of the molecule is CN[C@@H](C)c1ncc(-c2ccc3cc(-c4ccc(-c5cnc[nH]5)cc4)ccc3c2)[nH]1. The third-order valence-corrected chi connectivity index (χ3v) is 5.62. The van der Waals surface area contributed by atoms with Crippen LogP contribution in [-0.4, -0.2) is 27.0 Å². The molecule has 5 heteroatoms. The summed E-state index contributed by atoms with van der Waals surface area (Å²) < 4.78 is 0. The normalized spacial score (nSPS) is 12.3. The van der Waals surface area contributed by atoms with Crippen LogP contribution in [0.15, 0.2) is 79.4 Å². The van der Waals surface area contributed by atoms with Crippen molar-refractivity contribution in [3.8, 4) is 33.6 Å². The van der Waals surface area contributed by atoms with E-state index < -0.39 is 0 Å². The molecule has 2 heterocycles. The average molecular weight is 393 g/mol. The molecule has 0 saturated heterocycles. The number of benzene rings is 3. The first-order valence-corrected chi connectivity index (χ1v) is 10.1. The molecule has 0 spiro atoms. The molecule has 3 N–H and O–H groups in total. The van der Waals surface area contributed by atoms with Crippen LogP contribution in [0.25, 0.3) is 44.4 Å². The molecule has 5 rings (SSSR count). The highest BCUT2D eigenvalue weighted by Crippen LogP contribution is 2.29. The van der Waals surface area contributed by atoms with Crippen molar-refractivity contribution in [1.82, 2.24) is 25.3 Å². The number of imidazole rings is 2. The molecule has 3 aromatic carbocycles. The van der Waals surface area contributed by atoms with Gasteiger partial charge in [0.1, 0.15) is 5.82 Å². The Labute approximate surface area is 175 Å². The van der Waals surface area contributed by atoms with Gasteiger partial charge in [0, 0.05) is 5.56 Å². The molecular formula is C25H23N5. The quantitative estimate of drug-likeness (QED) is 0.366. The summed E-state index contributed by atoms with van der Waals surface area (Å²) in [5.74, 6) is 0.946. The van der Waals surface area contributed by atoms with Crippen molar-refractivity contribution in [1.29, 1.82) is 0 Å². The van der Waals surface area contributed by atoms with E-state index in [1.165, 1.54) is 21.9 Å². The van der Waals surface area contributed by atoms with Crippen LogP contribution in [0.1, 0.15) is 18.8 Å². The maximum Gasteiger partial charge on any atom is 0.123 e. The summed E-state index contributed by atoms with van der Waals surface area (Å²) >= 11 is 0. The van der Waals surface area contributed by atoms with E-state index in [4.69, 9.17) is 0 Å². The number of nitrogens with zero attached hydrogens (tertiary/aromatic N) is 2. The van der Waals surface area contributed by atoms with Gasteiger partial charge in [0.15, 0.2) is 0 Å². The minimum atomic E-state index is 0.196. The number of aromatic amines is 2. The molecule has 30 heavy (non-hydrogen) atoms. The number of hydrogen-bond acceptors (Lipinski definition) is 3. The van der Waals surface area contributed by atoms with Crippen molar-refractivity contribution in [3.63, 3.8) is 0 Å². The summed E-state index contributed by atoms with van der Waals surface area (Å²) in [5, 5.41) is 5.64. The molecule has 0 bridgehead atoms. The van der Waals surface area contributed by atoms with E-state index in [-0.39, 0.29) is 6.04 Å². The number of rotatable bonds is 5. The summed E-state index contributed by atoms with van der Waals surface area (Å²) in [4.78, 5) is 15.2. The first kappa shape index (κ1) is 18.3. The second-order valence-corrected chi connectivity index (χ2v) is 7.51. The first-order chi connectivity index (χ1) is 14.7. The molecule has 1 atom stereocenters. The maximum absolute atomic E-state index is 4.50. The molecule has 0 amide bonds. The topological polar surface area (TPSA) is 69.4 Å². The summed E-state index contributed by atoms with van der Waals surface area (Å²) in [5.41, 5.74) is 6.74. The number of fused-ring (bicyclic) bond motifs is 1. The van der Waals surface area contributed by atoms with Crippen LogP contribution in [0.4, 0.5) is 0 Å². The minimum absolute atomic E-state index is 0.196. The molecule has 0 saturated carbocycles. The number of nitrogens with one attached hydrogen (secondary N) is 3. The number of aromatic nitrogens is 4. The molecule has 0 fully saturated rings. The van der Waals surface area contributed by atoms with Crippen LogP contribution in [0.2, 0.25) is 0 Å². The fourth-order valence-corrected chi connectivity index (χ4v) is 3.69. The Hall–Kier alpha value is -3.70. The van der Waals surface area contributed by atoms with Gasteiger partial charge in [-0.25, -0.2) is 9.97 Å². The molecule has 5 nitrogen and oxygen atoms in total. The summed E-state index contributed by atoms with van der Waals surface area (Å²) in [6.45, 7) is 2.09. The summed E-state index contributed by atoms with van der Waals surface area (Å²) in [7, 11) is 1.94. The van der Waals surface area contributed by atoms with Gasteiger partial charge in [0.2, 0.25) is 0 Å². The highest BCUT2D eigenvalue weighted by atomic mass is 15.0. The zero-order valence-electron chi connectivity index (χ0n) is 17.0. The van der Waals surface area contributed by atoms with Crippen molar-refractivity contribution >= 4 is 10.8 Å². The molecule has 5 aromatic rings. The number of H-pyrrole nitrogens is 2. The average Bonchev–Trinajstić information content (AvgIpc) is 3.50. The lowest BCUT2D eigenvalue weighted by atomic mass is 9.98. The molecule has 0 radical (unpaired) electrons. The van der Waals surface area contributed by atoms with Crippen LogP contribution in [0.3, 0.4) is 0 Å². The van der Waals surface area contributed by atoms with E-state index in [1.54, 1.807) is 6.33 Å². The smallest absolute Gasteiger partial charge is 0.123 e. The Balaban J connectivity index is 1.44. The molecular weight excluding hydrogens is 370 g/mol. The van der Waals surface area contributed by atoms with Gasteiger partial charge in [-0.15, -0.1) is 0 Å². The fourth-order valence-electron chi connectivity index (χ4n) is 3.69. The molecule has 0 aliphatic carbocycles. The van der Waals surface area contributed by atoms with Crippen molar-refractivity contribution in [2.45, 2.75) is 13.0 Å². The lowest BCUT2D eigenvalue weighted by molar-refractivity contribution is 0.618. The van der Waals surface area contributed by atoms with Gasteiger partial charge in [-0.1, -0.05) is 48.5 Å². The predicted octanol–water partition coefficient (Wildman–Crippen LogP) is 5.57. The third-order valence-electron chi connectivity index (χ3n) is 5.62. The van der Waals surface area contributed by atoms with E-state index in [2.05, 4.69) is 92.8 Å². The van der Waals surface area contributed by atoms with E-state index >= 15 is 0 Å².